The van der Waals surface area contributed by atoms with Crippen LogP contribution >= 0.6 is 0 Å². The Morgan fingerprint density at radius 2 is 2.11 bits per heavy atom. The zero-order valence-electron chi connectivity index (χ0n) is 12.8. The minimum Gasteiger partial charge on any atom is -0.394 e. The highest BCUT2D eigenvalue weighted by molar-refractivity contribution is 5.64. The van der Waals surface area contributed by atoms with E-state index in [1.807, 2.05) is 18.5 Å². The molecular weight excluding hydrogens is 240 g/mol. The number of nitrogens with two attached hydrogens (primary N) is 1. The van der Waals surface area contributed by atoms with Crippen LogP contribution in [0, 0.1) is 12.8 Å². The van der Waals surface area contributed by atoms with Crippen molar-refractivity contribution in [2.45, 2.75) is 59.6 Å². The van der Waals surface area contributed by atoms with Crippen molar-refractivity contribution in [3.63, 3.8) is 0 Å². The molecule has 5 heteroatoms. The minimum absolute atomic E-state index is 0.455. The molecule has 1 atom stereocenters. The fraction of sp³-hybridized carbons (Fsp3) is 0.786. The van der Waals surface area contributed by atoms with Crippen LogP contribution in [-0.4, -0.2) is 27.0 Å². The summed E-state index contributed by atoms with van der Waals surface area (Å²) in [6.07, 6.45) is 1.75. The number of hydrogen-bond donors (Lipinski definition) is 3. The molecule has 0 saturated carbocycles. The van der Waals surface area contributed by atoms with Crippen LogP contribution in [0.15, 0.2) is 0 Å². The van der Waals surface area contributed by atoms with Crippen LogP contribution in [0.25, 0.3) is 0 Å². The van der Waals surface area contributed by atoms with Crippen molar-refractivity contribution in [3.8, 4) is 0 Å². The Kier molecular flexibility index (Phi) is 5.23. The molecule has 4 N–H and O–H groups in total. The van der Waals surface area contributed by atoms with E-state index in [-0.39, 0.29) is 0 Å². The Morgan fingerprint density at radius 1 is 1.47 bits per heavy atom. The van der Waals surface area contributed by atoms with E-state index in [2.05, 4.69) is 31.2 Å². The molecular formula is C14H28N4O. The van der Waals surface area contributed by atoms with Crippen LogP contribution in [0.3, 0.4) is 0 Å². The van der Waals surface area contributed by atoms with Gasteiger partial charge in [-0.3, -0.25) is 0 Å². The lowest BCUT2D eigenvalue weighted by atomic mass is 9.94. The van der Waals surface area contributed by atoms with E-state index in [4.69, 9.17) is 5.73 Å². The summed E-state index contributed by atoms with van der Waals surface area (Å²) >= 11 is 0. The third-order valence-corrected chi connectivity index (χ3v) is 3.09. The fourth-order valence-corrected chi connectivity index (χ4v) is 2.38. The van der Waals surface area contributed by atoms with Gasteiger partial charge in [-0.15, -0.1) is 0 Å². The molecule has 5 nitrogen and oxygen atoms in total. The van der Waals surface area contributed by atoms with Crippen molar-refractivity contribution in [3.05, 3.63) is 5.69 Å². The molecule has 0 aliphatic rings. The van der Waals surface area contributed by atoms with Gasteiger partial charge in [-0.1, -0.05) is 20.8 Å². The van der Waals surface area contributed by atoms with Crippen molar-refractivity contribution in [1.82, 2.24) is 9.78 Å². The molecule has 1 heterocycles. The SMILES string of the molecule is CCCn1nc(C)c(N)c1NCC(C)(O)CC(C)C. The Bertz CT molecular complexity index is 410. The number of anilines is 2. The molecule has 1 rings (SSSR count). The number of nitrogens with zero attached hydrogens (tertiary/aromatic N) is 2. The van der Waals surface area contributed by atoms with Crippen LogP contribution in [0.5, 0.6) is 0 Å². The zero-order valence-corrected chi connectivity index (χ0v) is 12.8. The molecule has 1 unspecified atom stereocenters. The Balaban J connectivity index is 2.76. The predicted octanol–water partition coefficient (Wildman–Crippen LogP) is 2.39. The molecule has 0 saturated heterocycles. The number of nitrogen functional groups attached to an aromatic ring is 1. The quantitative estimate of drug-likeness (QED) is 0.709. The lowest BCUT2D eigenvalue weighted by Gasteiger charge is -2.26. The highest BCUT2D eigenvalue weighted by atomic mass is 16.3. The average Bonchev–Trinajstić information content (AvgIpc) is 2.51. The number of aromatic nitrogens is 2. The van der Waals surface area contributed by atoms with E-state index in [0.717, 1.165) is 30.9 Å². The van der Waals surface area contributed by atoms with Gasteiger partial charge >= 0.3 is 0 Å². The molecule has 0 aliphatic carbocycles. The van der Waals surface area contributed by atoms with Gasteiger partial charge in [-0.05, 0) is 32.6 Å². The summed E-state index contributed by atoms with van der Waals surface area (Å²) in [6, 6.07) is 0. The standard InChI is InChI=1S/C14H28N4O/c1-6-7-18-13(12(15)11(4)17-18)16-9-14(5,19)8-10(2)3/h10,16,19H,6-9,15H2,1-5H3. The number of rotatable bonds is 7. The number of hydrogen-bond acceptors (Lipinski definition) is 4. The summed E-state index contributed by atoms with van der Waals surface area (Å²) in [5.74, 6) is 1.28. The molecule has 0 aromatic carbocycles. The molecule has 0 bridgehead atoms. The van der Waals surface area contributed by atoms with Gasteiger partial charge in [-0.25, -0.2) is 4.68 Å². The summed E-state index contributed by atoms with van der Waals surface area (Å²) in [6.45, 7) is 11.4. The lowest BCUT2D eigenvalue weighted by molar-refractivity contribution is 0.0514. The summed E-state index contributed by atoms with van der Waals surface area (Å²) in [5, 5.41) is 18.0. The second-order valence-corrected chi connectivity index (χ2v) is 6.02. The molecule has 0 amide bonds. The maximum atomic E-state index is 10.3. The maximum Gasteiger partial charge on any atom is 0.148 e. The molecule has 0 spiro atoms. The minimum atomic E-state index is -0.740. The topological polar surface area (TPSA) is 76.1 Å². The van der Waals surface area contributed by atoms with Gasteiger partial charge < -0.3 is 16.2 Å². The summed E-state index contributed by atoms with van der Waals surface area (Å²) < 4.78 is 1.89. The van der Waals surface area contributed by atoms with E-state index in [1.165, 1.54) is 0 Å². The first kappa shape index (κ1) is 15.8. The third-order valence-electron chi connectivity index (χ3n) is 3.09. The summed E-state index contributed by atoms with van der Waals surface area (Å²) in [7, 11) is 0. The van der Waals surface area contributed by atoms with E-state index in [0.29, 0.717) is 18.2 Å². The molecule has 110 valence electrons. The number of aryl methyl sites for hydroxylation is 2. The van der Waals surface area contributed by atoms with Gasteiger partial charge in [0.2, 0.25) is 0 Å². The normalized spacial score (nSPS) is 14.7. The first-order valence-corrected chi connectivity index (χ1v) is 7.06. The predicted molar refractivity (Wildman–Crippen MR) is 80.2 cm³/mol. The molecule has 0 fully saturated rings. The van der Waals surface area contributed by atoms with Gasteiger partial charge in [0.15, 0.2) is 0 Å². The van der Waals surface area contributed by atoms with E-state index >= 15 is 0 Å². The van der Waals surface area contributed by atoms with Crippen molar-refractivity contribution in [2.24, 2.45) is 5.92 Å². The summed E-state index contributed by atoms with van der Waals surface area (Å²) in [5.41, 5.74) is 6.80. The van der Waals surface area contributed by atoms with Crippen molar-refractivity contribution in [1.29, 1.82) is 0 Å². The Labute approximate surface area is 116 Å². The van der Waals surface area contributed by atoms with Crippen LogP contribution in [0.2, 0.25) is 0 Å². The Hall–Kier alpha value is -1.23. The molecule has 0 radical (unpaired) electrons. The van der Waals surface area contributed by atoms with Crippen molar-refractivity contribution < 1.29 is 5.11 Å². The fourth-order valence-electron chi connectivity index (χ4n) is 2.38. The maximum absolute atomic E-state index is 10.3. The smallest absolute Gasteiger partial charge is 0.148 e. The van der Waals surface area contributed by atoms with E-state index in [9.17, 15) is 5.11 Å². The van der Waals surface area contributed by atoms with Gasteiger partial charge in [0, 0.05) is 13.1 Å². The largest absolute Gasteiger partial charge is 0.394 e. The van der Waals surface area contributed by atoms with Gasteiger partial charge in [0.1, 0.15) is 5.82 Å². The van der Waals surface area contributed by atoms with Crippen molar-refractivity contribution in [2.75, 3.05) is 17.6 Å². The van der Waals surface area contributed by atoms with Gasteiger partial charge in [0.05, 0.1) is 17.0 Å². The highest BCUT2D eigenvalue weighted by Gasteiger charge is 2.23. The lowest BCUT2D eigenvalue weighted by Crippen LogP contribution is -2.35. The number of aliphatic hydroxyl groups is 1. The molecule has 19 heavy (non-hydrogen) atoms. The van der Waals surface area contributed by atoms with Crippen LogP contribution in [0.1, 0.15) is 46.2 Å². The van der Waals surface area contributed by atoms with E-state index < -0.39 is 5.60 Å². The number of nitrogens with one attached hydrogen (secondary N) is 1. The zero-order chi connectivity index (χ0) is 14.6. The monoisotopic (exact) mass is 268 g/mol. The van der Waals surface area contributed by atoms with Crippen LogP contribution in [0.4, 0.5) is 11.5 Å². The highest BCUT2D eigenvalue weighted by Crippen LogP contribution is 2.24. The Morgan fingerprint density at radius 3 is 2.63 bits per heavy atom. The van der Waals surface area contributed by atoms with Crippen LogP contribution < -0.4 is 11.1 Å². The molecule has 0 aliphatic heterocycles. The van der Waals surface area contributed by atoms with Gasteiger partial charge in [-0.2, -0.15) is 5.10 Å². The molecule has 1 aromatic heterocycles. The second-order valence-electron chi connectivity index (χ2n) is 6.02. The van der Waals surface area contributed by atoms with Crippen molar-refractivity contribution >= 4 is 11.5 Å². The van der Waals surface area contributed by atoms with Crippen LogP contribution in [-0.2, 0) is 6.54 Å². The first-order chi connectivity index (χ1) is 8.76. The first-order valence-electron chi connectivity index (χ1n) is 7.06. The average molecular weight is 268 g/mol. The third kappa shape index (κ3) is 4.42. The summed E-state index contributed by atoms with van der Waals surface area (Å²) in [4.78, 5) is 0. The second kappa shape index (κ2) is 6.28. The molecule has 1 aromatic rings. The van der Waals surface area contributed by atoms with Gasteiger partial charge in [0.25, 0.3) is 0 Å². The van der Waals surface area contributed by atoms with E-state index in [1.54, 1.807) is 0 Å².